The van der Waals surface area contributed by atoms with Crippen LogP contribution in [0.15, 0.2) is 94.4 Å². The highest BCUT2D eigenvalue weighted by Crippen LogP contribution is 2.28. The van der Waals surface area contributed by atoms with E-state index in [2.05, 4.69) is 5.32 Å². The molecule has 0 aliphatic rings. The Kier molecular flexibility index (Phi) is 6.51. The second kappa shape index (κ2) is 9.43. The minimum atomic E-state index is -3.94. The van der Waals surface area contributed by atoms with Crippen molar-refractivity contribution in [3.63, 3.8) is 0 Å². The number of nitriles is 1. The quantitative estimate of drug-likeness (QED) is 0.294. The van der Waals surface area contributed by atoms with Crippen LogP contribution in [0.4, 0.5) is 5.69 Å². The second-order valence-electron chi connectivity index (χ2n) is 7.91. The Bertz CT molecular complexity index is 1760. The largest absolute Gasteiger partial charge is 0.321 e. The smallest absolute Gasteiger partial charge is 0.268 e. The Balaban J connectivity index is 1.72. The predicted octanol–water partition coefficient (Wildman–Crippen LogP) is 3.38. The van der Waals surface area contributed by atoms with Crippen LogP contribution in [0.3, 0.4) is 0 Å². The molecule has 0 unspecified atom stereocenters. The first kappa shape index (κ1) is 24.9. The summed E-state index contributed by atoms with van der Waals surface area (Å²) < 4.78 is 50.6. The molecule has 0 radical (unpaired) electrons. The van der Waals surface area contributed by atoms with Crippen molar-refractivity contribution < 1.29 is 21.6 Å². The number of aromatic nitrogens is 1. The molecule has 0 bridgehead atoms. The number of rotatable bonds is 6. The second-order valence-corrected chi connectivity index (χ2v) is 11.3. The molecule has 0 saturated heterocycles. The maximum absolute atomic E-state index is 13.3. The van der Waals surface area contributed by atoms with Crippen LogP contribution in [-0.2, 0) is 24.8 Å². The number of para-hydroxylation sites is 1. The van der Waals surface area contributed by atoms with E-state index in [4.69, 9.17) is 5.14 Å². The van der Waals surface area contributed by atoms with Gasteiger partial charge in [0.15, 0.2) is 0 Å². The fourth-order valence-electron chi connectivity index (χ4n) is 3.54. The van der Waals surface area contributed by atoms with Gasteiger partial charge < -0.3 is 5.32 Å². The minimum absolute atomic E-state index is 0.102. The zero-order chi connectivity index (χ0) is 26.1. The Morgan fingerprint density at radius 1 is 0.944 bits per heavy atom. The van der Waals surface area contributed by atoms with Gasteiger partial charge in [-0.1, -0.05) is 35.9 Å². The highest BCUT2D eigenvalue weighted by molar-refractivity contribution is 7.90. The fourth-order valence-corrected chi connectivity index (χ4v) is 5.44. The molecule has 4 aromatic rings. The highest BCUT2D eigenvalue weighted by atomic mass is 32.2. The molecule has 0 spiro atoms. The molecule has 0 aliphatic heterocycles. The lowest BCUT2D eigenvalue weighted by atomic mass is 10.1. The molecule has 1 amide bonds. The van der Waals surface area contributed by atoms with Crippen LogP contribution in [0.2, 0.25) is 0 Å². The Labute approximate surface area is 208 Å². The number of nitrogens with zero attached hydrogens (tertiary/aromatic N) is 2. The first-order valence-corrected chi connectivity index (χ1v) is 13.5. The van der Waals surface area contributed by atoms with Crippen molar-refractivity contribution in [2.45, 2.75) is 16.7 Å². The van der Waals surface area contributed by atoms with Crippen molar-refractivity contribution in [3.8, 4) is 6.07 Å². The molecular weight excluding hydrogens is 500 g/mol. The number of hydrogen-bond donors (Lipinski definition) is 2. The molecule has 36 heavy (non-hydrogen) atoms. The first-order chi connectivity index (χ1) is 17.0. The third-order valence-corrected chi connectivity index (χ3v) is 8.01. The van der Waals surface area contributed by atoms with Gasteiger partial charge >= 0.3 is 0 Å². The molecule has 0 aliphatic carbocycles. The lowest BCUT2D eigenvalue weighted by Crippen LogP contribution is -2.14. The summed E-state index contributed by atoms with van der Waals surface area (Å²) in [7, 11) is -7.83. The number of hydrogen-bond acceptors (Lipinski definition) is 6. The van der Waals surface area contributed by atoms with Crippen LogP contribution in [0.5, 0.6) is 0 Å². The number of benzene rings is 3. The van der Waals surface area contributed by atoms with E-state index in [0.717, 1.165) is 9.54 Å². The molecule has 0 fully saturated rings. The minimum Gasteiger partial charge on any atom is -0.321 e. The maximum Gasteiger partial charge on any atom is 0.268 e. The topological polar surface area (TPSA) is 152 Å². The van der Waals surface area contributed by atoms with Gasteiger partial charge in [0.05, 0.1) is 15.3 Å². The Morgan fingerprint density at radius 3 is 2.17 bits per heavy atom. The van der Waals surface area contributed by atoms with E-state index in [1.165, 1.54) is 48.7 Å². The SMILES string of the molecule is Cc1ccc(S(=O)(=O)n2cc(/C=C(\C#N)C(=O)Nc3ccc(S(N)(=O)=O)cc3)c3ccccc32)cc1. The summed E-state index contributed by atoms with van der Waals surface area (Å²) in [4.78, 5) is 12.7. The van der Waals surface area contributed by atoms with Gasteiger partial charge in [0.2, 0.25) is 10.0 Å². The van der Waals surface area contributed by atoms with Crippen LogP contribution in [0.25, 0.3) is 17.0 Å². The van der Waals surface area contributed by atoms with Crippen LogP contribution in [-0.4, -0.2) is 26.7 Å². The van der Waals surface area contributed by atoms with Gasteiger partial charge in [-0.15, -0.1) is 0 Å². The maximum atomic E-state index is 13.3. The number of amides is 1. The van der Waals surface area contributed by atoms with Gasteiger partial charge in [-0.25, -0.2) is 25.9 Å². The first-order valence-electron chi connectivity index (χ1n) is 10.5. The summed E-state index contributed by atoms with van der Waals surface area (Å²) in [5, 5.41) is 17.8. The number of carbonyl (C=O) groups excluding carboxylic acids is 1. The average Bonchev–Trinajstić information content (AvgIpc) is 3.22. The lowest BCUT2D eigenvalue weighted by Gasteiger charge is -2.07. The van der Waals surface area contributed by atoms with Gasteiger partial charge in [0, 0.05) is 22.8 Å². The standard InChI is InChI=1S/C25H20N4O5S2/c1-17-6-10-22(11-7-17)36(33,34)29-16-19(23-4-2-3-5-24(23)29)14-18(15-26)25(30)28-20-8-12-21(13-9-20)35(27,31)32/h2-14,16H,1H3,(H,28,30)(H2,27,31,32)/b18-14+. The lowest BCUT2D eigenvalue weighted by molar-refractivity contribution is -0.112. The van der Waals surface area contributed by atoms with Crippen molar-refractivity contribution in [2.24, 2.45) is 5.14 Å². The number of nitrogens with one attached hydrogen (secondary N) is 1. The molecule has 1 heterocycles. The van der Waals surface area contributed by atoms with Gasteiger partial charge in [-0.2, -0.15) is 5.26 Å². The number of anilines is 1. The number of primary sulfonamides is 1. The van der Waals surface area contributed by atoms with Crippen molar-refractivity contribution in [3.05, 3.63) is 95.7 Å². The average molecular weight is 521 g/mol. The van der Waals surface area contributed by atoms with E-state index in [0.29, 0.717) is 16.5 Å². The molecule has 4 rings (SSSR count). The predicted molar refractivity (Wildman–Crippen MR) is 136 cm³/mol. The van der Waals surface area contributed by atoms with E-state index in [9.17, 15) is 26.9 Å². The van der Waals surface area contributed by atoms with Crippen molar-refractivity contribution in [1.82, 2.24) is 3.97 Å². The van der Waals surface area contributed by atoms with Gasteiger partial charge in [0.1, 0.15) is 11.6 Å². The third kappa shape index (κ3) is 4.92. The number of aryl methyl sites for hydroxylation is 1. The molecule has 0 atom stereocenters. The van der Waals surface area contributed by atoms with E-state index in [-0.39, 0.29) is 21.1 Å². The number of sulfonamides is 1. The van der Waals surface area contributed by atoms with E-state index >= 15 is 0 Å². The van der Waals surface area contributed by atoms with Gasteiger partial charge in [0.25, 0.3) is 15.9 Å². The monoisotopic (exact) mass is 520 g/mol. The van der Waals surface area contributed by atoms with Crippen LogP contribution in [0, 0.1) is 18.3 Å². The zero-order valence-electron chi connectivity index (χ0n) is 18.9. The number of nitrogens with two attached hydrogens (primary N) is 1. The van der Waals surface area contributed by atoms with Crippen LogP contribution in [0.1, 0.15) is 11.1 Å². The van der Waals surface area contributed by atoms with Gasteiger partial charge in [-0.3, -0.25) is 4.79 Å². The van der Waals surface area contributed by atoms with Crippen LogP contribution < -0.4 is 10.5 Å². The summed E-state index contributed by atoms with van der Waals surface area (Å²) in [6, 6.07) is 20.2. The third-order valence-electron chi connectivity index (χ3n) is 5.39. The van der Waals surface area contributed by atoms with Crippen molar-refractivity contribution in [2.75, 3.05) is 5.32 Å². The van der Waals surface area contributed by atoms with Crippen LogP contribution >= 0.6 is 0 Å². The summed E-state index contributed by atoms with van der Waals surface area (Å²) in [5.41, 5.74) is 1.64. The summed E-state index contributed by atoms with van der Waals surface area (Å²) in [6.07, 6.45) is 2.67. The Hall–Kier alpha value is -4.24. The molecule has 3 aromatic carbocycles. The Morgan fingerprint density at radius 2 is 1.56 bits per heavy atom. The zero-order valence-corrected chi connectivity index (χ0v) is 20.5. The normalized spacial score (nSPS) is 12.3. The summed E-state index contributed by atoms with van der Waals surface area (Å²) >= 11 is 0. The number of carbonyl (C=O) groups is 1. The van der Waals surface area contributed by atoms with E-state index in [1.54, 1.807) is 36.4 Å². The highest BCUT2D eigenvalue weighted by Gasteiger charge is 2.21. The molecule has 1 aromatic heterocycles. The molecule has 182 valence electrons. The van der Waals surface area contributed by atoms with Crippen molar-refractivity contribution >= 4 is 48.6 Å². The molecule has 3 N–H and O–H groups in total. The summed E-state index contributed by atoms with van der Waals surface area (Å²) in [6.45, 7) is 1.85. The molecule has 9 nitrogen and oxygen atoms in total. The number of fused-ring (bicyclic) bond motifs is 1. The molecule has 11 heteroatoms. The molecule has 0 saturated carbocycles. The fraction of sp³-hybridized carbons (Fsp3) is 0.0400. The van der Waals surface area contributed by atoms with Gasteiger partial charge in [-0.05, 0) is 55.5 Å². The van der Waals surface area contributed by atoms with Crippen molar-refractivity contribution in [1.29, 1.82) is 5.26 Å². The van der Waals surface area contributed by atoms with E-state index in [1.807, 2.05) is 13.0 Å². The summed E-state index contributed by atoms with van der Waals surface area (Å²) in [5.74, 6) is -0.751. The van der Waals surface area contributed by atoms with E-state index < -0.39 is 26.0 Å². The molecular formula is C25H20N4O5S2.